The van der Waals surface area contributed by atoms with E-state index in [1.165, 1.54) is 0 Å². The quantitative estimate of drug-likeness (QED) is 0.864. The predicted molar refractivity (Wildman–Crippen MR) is 73.6 cm³/mol. The lowest BCUT2D eigenvalue weighted by atomic mass is 10.1. The van der Waals surface area contributed by atoms with Crippen molar-refractivity contribution in [1.29, 1.82) is 0 Å². The number of nitrogens with one attached hydrogen (secondary N) is 1. The van der Waals surface area contributed by atoms with Crippen molar-refractivity contribution < 1.29 is 19.4 Å². The lowest BCUT2D eigenvalue weighted by Gasteiger charge is -2.09. The van der Waals surface area contributed by atoms with Crippen LogP contribution in [0.4, 0.5) is 5.69 Å². The van der Waals surface area contributed by atoms with Crippen LogP contribution in [0.3, 0.4) is 0 Å². The van der Waals surface area contributed by atoms with E-state index in [0.29, 0.717) is 5.69 Å². The molecule has 0 saturated carbocycles. The Balaban J connectivity index is 2.12. The predicted octanol–water partition coefficient (Wildman–Crippen LogP) is 1.58. The minimum absolute atomic E-state index is 0.304. The van der Waals surface area contributed by atoms with Crippen LogP contribution in [0.5, 0.6) is 0 Å². The lowest BCUT2D eigenvalue weighted by molar-refractivity contribution is -0.143. The molecule has 2 N–H and O–H groups in total. The number of carbonyl (C=O) groups excluding carboxylic acids is 1. The van der Waals surface area contributed by atoms with Crippen LogP contribution in [-0.2, 0) is 14.3 Å². The SMILES string of the molecule is Cc1ccc(NC(=O)COCC(=O)O)c2cccnc12. The van der Waals surface area contributed by atoms with Gasteiger partial charge < -0.3 is 15.2 Å². The number of carboxylic acids is 1. The fourth-order valence-electron chi connectivity index (χ4n) is 1.84. The standard InChI is InChI=1S/C14H14N2O4/c1-9-4-5-11(10-3-2-6-15-14(9)10)16-12(17)7-20-8-13(18)19/h2-6H,7-8H2,1H3,(H,16,17)(H,18,19). The first-order valence-corrected chi connectivity index (χ1v) is 6.01. The van der Waals surface area contributed by atoms with Crippen LogP contribution in [0.25, 0.3) is 10.9 Å². The molecular weight excluding hydrogens is 260 g/mol. The van der Waals surface area contributed by atoms with E-state index in [9.17, 15) is 9.59 Å². The van der Waals surface area contributed by atoms with Crippen LogP contribution in [-0.4, -0.2) is 35.2 Å². The van der Waals surface area contributed by atoms with E-state index in [2.05, 4.69) is 10.3 Å². The highest BCUT2D eigenvalue weighted by Gasteiger charge is 2.08. The van der Waals surface area contributed by atoms with Gasteiger partial charge in [-0.05, 0) is 30.7 Å². The van der Waals surface area contributed by atoms with Crippen LogP contribution >= 0.6 is 0 Å². The van der Waals surface area contributed by atoms with Crippen molar-refractivity contribution in [1.82, 2.24) is 4.98 Å². The number of benzene rings is 1. The molecule has 0 aliphatic carbocycles. The minimum Gasteiger partial charge on any atom is -0.480 e. The highest BCUT2D eigenvalue weighted by molar-refractivity contribution is 6.02. The molecule has 1 amide bonds. The zero-order valence-electron chi connectivity index (χ0n) is 10.9. The van der Waals surface area contributed by atoms with Crippen LogP contribution in [0.1, 0.15) is 5.56 Å². The van der Waals surface area contributed by atoms with E-state index in [0.717, 1.165) is 16.5 Å². The summed E-state index contributed by atoms with van der Waals surface area (Å²) in [7, 11) is 0. The highest BCUT2D eigenvalue weighted by Crippen LogP contribution is 2.24. The van der Waals surface area contributed by atoms with Crippen molar-refractivity contribution in [3.8, 4) is 0 Å². The van der Waals surface area contributed by atoms with Crippen LogP contribution < -0.4 is 5.32 Å². The number of anilines is 1. The van der Waals surface area contributed by atoms with Gasteiger partial charge in [-0.3, -0.25) is 9.78 Å². The van der Waals surface area contributed by atoms with Crippen molar-refractivity contribution >= 4 is 28.5 Å². The Morgan fingerprint density at radius 3 is 2.85 bits per heavy atom. The summed E-state index contributed by atoms with van der Waals surface area (Å²) in [5.74, 6) is -1.51. The molecule has 0 radical (unpaired) electrons. The van der Waals surface area contributed by atoms with Crippen molar-refractivity contribution in [2.45, 2.75) is 6.92 Å². The first-order chi connectivity index (χ1) is 9.58. The van der Waals surface area contributed by atoms with Gasteiger partial charge in [-0.15, -0.1) is 0 Å². The Kier molecular flexibility index (Phi) is 4.27. The van der Waals surface area contributed by atoms with E-state index in [4.69, 9.17) is 9.84 Å². The van der Waals surface area contributed by atoms with Gasteiger partial charge in [0, 0.05) is 11.6 Å². The largest absolute Gasteiger partial charge is 0.480 e. The van der Waals surface area contributed by atoms with Crippen molar-refractivity contribution in [2.24, 2.45) is 0 Å². The summed E-state index contributed by atoms with van der Waals surface area (Å²) in [6, 6.07) is 7.30. The number of carboxylic acid groups (broad SMARTS) is 1. The van der Waals surface area contributed by atoms with E-state index in [-0.39, 0.29) is 6.61 Å². The van der Waals surface area contributed by atoms with Crippen LogP contribution in [0.2, 0.25) is 0 Å². The third-order valence-corrected chi connectivity index (χ3v) is 2.70. The Bertz CT molecular complexity index is 655. The third-order valence-electron chi connectivity index (χ3n) is 2.70. The number of hydrogen-bond acceptors (Lipinski definition) is 4. The summed E-state index contributed by atoms with van der Waals surface area (Å²) in [5.41, 5.74) is 2.46. The number of aryl methyl sites for hydroxylation is 1. The second-order valence-electron chi connectivity index (χ2n) is 4.26. The molecule has 6 nitrogen and oxygen atoms in total. The first kappa shape index (κ1) is 14.0. The second kappa shape index (κ2) is 6.12. The third kappa shape index (κ3) is 3.30. The summed E-state index contributed by atoms with van der Waals surface area (Å²) in [6.45, 7) is 1.14. The maximum absolute atomic E-state index is 11.7. The van der Waals surface area contributed by atoms with Gasteiger partial charge in [0.05, 0.1) is 11.2 Å². The molecule has 0 unspecified atom stereocenters. The molecule has 0 aliphatic rings. The van der Waals surface area contributed by atoms with Crippen molar-refractivity contribution in [2.75, 3.05) is 18.5 Å². The van der Waals surface area contributed by atoms with Crippen molar-refractivity contribution in [3.63, 3.8) is 0 Å². The topological polar surface area (TPSA) is 88.5 Å². The molecule has 0 atom stereocenters. The van der Waals surface area contributed by atoms with E-state index < -0.39 is 18.5 Å². The maximum Gasteiger partial charge on any atom is 0.329 e. The number of aliphatic carboxylic acids is 1. The average molecular weight is 274 g/mol. The molecule has 1 aromatic carbocycles. The lowest BCUT2D eigenvalue weighted by Crippen LogP contribution is -2.20. The summed E-state index contributed by atoms with van der Waals surface area (Å²) in [4.78, 5) is 26.2. The molecule has 1 aromatic heterocycles. The summed E-state index contributed by atoms with van der Waals surface area (Å²) in [5, 5.41) is 11.9. The number of nitrogens with zero attached hydrogens (tertiary/aromatic N) is 1. The molecule has 0 spiro atoms. The number of pyridine rings is 1. The number of ether oxygens (including phenoxy) is 1. The number of amides is 1. The molecule has 0 saturated heterocycles. The zero-order valence-corrected chi connectivity index (χ0v) is 10.9. The number of fused-ring (bicyclic) bond motifs is 1. The number of carbonyl (C=O) groups is 2. The average Bonchev–Trinajstić information content (AvgIpc) is 2.42. The summed E-state index contributed by atoms with van der Waals surface area (Å²) < 4.78 is 4.74. The molecule has 0 bridgehead atoms. The van der Waals surface area contributed by atoms with Gasteiger partial charge in [0.2, 0.25) is 5.91 Å². The van der Waals surface area contributed by atoms with E-state index in [1.807, 2.05) is 19.1 Å². The maximum atomic E-state index is 11.7. The van der Waals surface area contributed by atoms with E-state index >= 15 is 0 Å². The molecule has 0 aliphatic heterocycles. The van der Waals surface area contributed by atoms with Crippen molar-refractivity contribution in [3.05, 3.63) is 36.0 Å². The van der Waals surface area contributed by atoms with Gasteiger partial charge in [0.15, 0.2) is 0 Å². The number of rotatable bonds is 5. The number of hydrogen-bond donors (Lipinski definition) is 2. The summed E-state index contributed by atoms with van der Waals surface area (Å²) in [6.07, 6.45) is 1.69. The van der Waals surface area contributed by atoms with Gasteiger partial charge in [0.1, 0.15) is 13.2 Å². The van der Waals surface area contributed by atoms with Gasteiger partial charge in [-0.25, -0.2) is 4.79 Å². The molecule has 1 heterocycles. The fourth-order valence-corrected chi connectivity index (χ4v) is 1.84. The smallest absolute Gasteiger partial charge is 0.329 e. The highest BCUT2D eigenvalue weighted by atomic mass is 16.5. The summed E-state index contributed by atoms with van der Waals surface area (Å²) >= 11 is 0. The Hall–Kier alpha value is -2.47. The van der Waals surface area contributed by atoms with Crippen LogP contribution in [0, 0.1) is 6.92 Å². The molecule has 2 aromatic rings. The molecule has 104 valence electrons. The monoisotopic (exact) mass is 274 g/mol. The zero-order chi connectivity index (χ0) is 14.5. The molecule has 6 heteroatoms. The fraction of sp³-hybridized carbons (Fsp3) is 0.214. The Labute approximate surface area is 115 Å². The van der Waals surface area contributed by atoms with E-state index in [1.54, 1.807) is 18.3 Å². The molecule has 0 fully saturated rings. The van der Waals surface area contributed by atoms with Gasteiger partial charge in [0.25, 0.3) is 0 Å². The second-order valence-corrected chi connectivity index (χ2v) is 4.26. The van der Waals surface area contributed by atoms with Gasteiger partial charge in [-0.1, -0.05) is 6.07 Å². The molecule has 20 heavy (non-hydrogen) atoms. The normalized spacial score (nSPS) is 10.4. The Morgan fingerprint density at radius 2 is 2.10 bits per heavy atom. The van der Waals surface area contributed by atoms with Crippen LogP contribution in [0.15, 0.2) is 30.5 Å². The van der Waals surface area contributed by atoms with Gasteiger partial charge in [-0.2, -0.15) is 0 Å². The first-order valence-electron chi connectivity index (χ1n) is 6.01. The van der Waals surface area contributed by atoms with Gasteiger partial charge >= 0.3 is 5.97 Å². The Morgan fingerprint density at radius 1 is 1.30 bits per heavy atom. The molecule has 2 rings (SSSR count). The molecular formula is C14H14N2O4. The number of aromatic nitrogens is 1. The minimum atomic E-state index is -1.11.